The molecule has 2 heterocycles. The molecule has 0 bridgehead atoms. The average Bonchev–Trinajstić information content (AvgIpc) is 4.03. The third-order valence-electron chi connectivity index (χ3n) is 14.6. The maximum Gasteiger partial charge on any atom is 0.143 e. The van der Waals surface area contributed by atoms with E-state index in [9.17, 15) is 0 Å². The number of furan rings is 1. The smallest absolute Gasteiger partial charge is 0.143 e. The van der Waals surface area contributed by atoms with Crippen molar-refractivity contribution in [3.63, 3.8) is 0 Å². The van der Waals surface area contributed by atoms with Gasteiger partial charge in [0.2, 0.25) is 0 Å². The number of nitrogens with zero attached hydrogens (tertiary/aromatic N) is 2. The Morgan fingerprint density at radius 3 is 1.45 bits per heavy atom. The van der Waals surface area contributed by atoms with Crippen LogP contribution in [0.15, 0.2) is 283 Å². The summed E-state index contributed by atoms with van der Waals surface area (Å²) in [7, 11) is 0. The lowest BCUT2D eigenvalue weighted by Crippen LogP contribution is -2.09. The SMILES string of the molecule is c1ccc(-c2ccc(-c3ccc(N(c4ccc(-c5cccc(-c6cccc7c6oc6ccccc67)c5)cc4)c4ccc(-c5ccc6ccccc6c5)cc4)cc3)c(-n3c4ccccc4c4ccccc43)c2)cc1. The van der Waals surface area contributed by atoms with Crippen LogP contribution >= 0.6 is 0 Å². The van der Waals surface area contributed by atoms with E-state index in [1.165, 1.54) is 54.8 Å². The summed E-state index contributed by atoms with van der Waals surface area (Å²) in [6.07, 6.45) is 0. The summed E-state index contributed by atoms with van der Waals surface area (Å²) >= 11 is 0. The summed E-state index contributed by atoms with van der Waals surface area (Å²) in [5.41, 5.74) is 20.1. The van der Waals surface area contributed by atoms with Crippen molar-refractivity contribution < 1.29 is 4.42 Å². The zero-order valence-corrected chi connectivity index (χ0v) is 39.9. The number of hydrogen-bond donors (Lipinski definition) is 0. The van der Waals surface area contributed by atoms with Gasteiger partial charge in [-0.3, -0.25) is 0 Å². The molecule has 14 aromatic rings. The summed E-state index contributed by atoms with van der Waals surface area (Å²) in [5, 5.41) is 7.22. The molecule has 73 heavy (non-hydrogen) atoms. The number of anilines is 3. The van der Waals surface area contributed by atoms with Gasteiger partial charge in [0.15, 0.2) is 0 Å². The Balaban J connectivity index is 0.863. The first-order valence-corrected chi connectivity index (χ1v) is 25.0. The van der Waals surface area contributed by atoms with Gasteiger partial charge in [-0.1, -0.05) is 206 Å². The Kier molecular flexibility index (Phi) is 10.2. The van der Waals surface area contributed by atoms with E-state index in [1.807, 2.05) is 12.1 Å². The van der Waals surface area contributed by atoms with Crippen LogP contribution in [0, 0.1) is 0 Å². The van der Waals surface area contributed by atoms with Gasteiger partial charge in [-0.15, -0.1) is 0 Å². The lowest BCUT2D eigenvalue weighted by molar-refractivity contribution is 0.670. The zero-order chi connectivity index (χ0) is 48.2. The number of benzene rings is 12. The topological polar surface area (TPSA) is 21.3 Å². The van der Waals surface area contributed by atoms with Crippen LogP contribution in [-0.2, 0) is 0 Å². The first kappa shape index (κ1) is 42.2. The average molecular weight is 931 g/mol. The molecule has 342 valence electrons. The molecule has 12 aromatic carbocycles. The summed E-state index contributed by atoms with van der Waals surface area (Å²) in [4.78, 5) is 2.36. The largest absolute Gasteiger partial charge is 0.455 e. The molecule has 3 heteroatoms. The van der Waals surface area contributed by atoms with Crippen molar-refractivity contribution in [1.29, 1.82) is 0 Å². The van der Waals surface area contributed by atoms with Crippen molar-refractivity contribution in [2.75, 3.05) is 4.90 Å². The van der Waals surface area contributed by atoms with E-state index in [-0.39, 0.29) is 0 Å². The lowest BCUT2D eigenvalue weighted by Gasteiger charge is -2.26. The van der Waals surface area contributed by atoms with Crippen molar-refractivity contribution in [1.82, 2.24) is 4.57 Å². The van der Waals surface area contributed by atoms with Gasteiger partial charge in [-0.25, -0.2) is 0 Å². The molecule has 0 amide bonds. The fourth-order valence-corrected chi connectivity index (χ4v) is 11.0. The number of fused-ring (bicyclic) bond motifs is 7. The summed E-state index contributed by atoms with van der Waals surface area (Å²) in [5.74, 6) is 0. The fraction of sp³-hybridized carbons (Fsp3) is 0. The minimum Gasteiger partial charge on any atom is -0.455 e. The van der Waals surface area contributed by atoms with E-state index >= 15 is 0 Å². The standard InChI is InChI=1S/C70H46N2O/c1-2-14-47(15-3-1)55-36-43-60(68(46-55)72-66-25-9-6-20-62(66)63-21-7-10-26-67(63)72)51-34-41-59(42-35-51)71(58-39-32-50(33-40-58)54-29-28-48-16-4-5-17-52(48)44-54)57-37-30-49(31-38-57)53-18-12-19-56(45-53)61-23-13-24-65-64-22-8-11-27-69(64)73-70(61)65/h1-46H. The number of hydrogen-bond acceptors (Lipinski definition) is 2. The molecule has 2 aromatic heterocycles. The molecule has 0 aliphatic rings. The molecule has 0 aliphatic heterocycles. The Labute approximate surface area is 423 Å². The van der Waals surface area contributed by atoms with Gasteiger partial charge in [-0.2, -0.15) is 0 Å². The molecular formula is C70H46N2O. The van der Waals surface area contributed by atoms with Crippen LogP contribution in [0.2, 0.25) is 0 Å². The first-order valence-electron chi connectivity index (χ1n) is 25.0. The minimum atomic E-state index is 0.904. The minimum absolute atomic E-state index is 0.904. The second kappa shape index (κ2) is 17.6. The molecule has 0 radical (unpaired) electrons. The molecule has 0 atom stereocenters. The van der Waals surface area contributed by atoms with Crippen LogP contribution in [0.3, 0.4) is 0 Å². The van der Waals surface area contributed by atoms with Gasteiger partial charge in [0.1, 0.15) is 11.2 Å². The molecule has 0 saturated heterocycles. The van der Waals surface area contributed by atoms with Crippen molar-refractivity contribution in [2.24, 2.45) is 0 Å². The number of rotatable bonds is 9. The molecule has 0 fully saturated rings. The Morgan fingerprint density at radius 1 is 0.274 bits per heavy atom. The van der Waals surface area contributed by atoms with Gasteiger partial charge in [0, 0.05) is 49.7 Å². The Bertz CT molecular complexity index is 4300. The summed E-state index contributed by atoms with van der Waals surface area (Å²) in [6.45, 7) is 0. The van der Waals surface area contributed by atoms with Crippen LogP contribution < -0.4 is 4.90 Å². The predicted octanol–water partition coefficient (Wildman–Crippen LogP) is 19.6. The highest BCUT2D eigenvalue weighted by atomic mass is 16.3. The molecule has 14 rings (SSSR count). The van der Waals surface area contributed by atoms with Crippen molar-refractivity contribution in [2.45, 2.75) is 0 Å². The highest BCUT2D eigenvalue weighted by Crippen LogP contribution is 2.43. The molecule has 0 N–H and O–H groups in total. The van der Waals surface area contributed by atoms with Crippen molar-refractivity contribution >= 4 is 71.6 Å². The third kappa shape index (κ3) is 7.46. The highest BCUT2D eigenvalue weighted by molar-refractivity contribution is 6.11. The van der Waals surface area contributed by atoms with Crippen LogP contribution in [0.5, 0.6) is 0 Å². The summed E-state index contributed by atoms with van der Waals surface area (Å²) < 4.78 is 8.90. The van der Waals surface area contributed by atoms with Gasteiger partial charge < -0.3 is 13.9 Å². The second-order valence-corrected chi connectivity index (χ2v) is 18.9. The molecule has 3 nitrogen and oxygen atoms in total. The van der Waals surface area contributed by atoms with Crippen LogP contribution in [0.25, 0.3) is 116 Å². The second-order valence-electron chi connectivity index (χ2n) is 18.9. The fourth-order valence-electron chi connectivity index (χ4n) is 11.0. The molecule has 0 saturated carbocycles. The van der Waals surface area contributed by atoms with Crippen LogP contribution in [-0.4, -0.2) is 4.57 Å². The normalized spacial score (nSPS) is 11.6. The maximum atomic E-state index is 6.46. The maximum absolute atomic E-state index is 6.46. The van der Waals surface area contributed by atoms with E-state index < -0.39 is 0 Å². The van der Waals surface area contributed by atoms with E-state index in [0.717, 1.165) is 78.1 Å². The summed E-state index contributed by atoms with van der Waals surface area (Å²) in [6, 6.07) is 101. The van der Waals surface area contributed by atoms with E-state index in [2.05, 4.69) is 276 Å². The predicted molar refractivity (Wildman–Crippen MR) is 307 cm³/mol. The monoisotopic (exact) mass is 930 g/mol. The van der Waals surface area contributed by atoms with E-state index in [0.29, 0.717) is 0 Å². The highest BCUT2D eigenvalue weighted by Gasteiger charge is 2.19. The molecule has 0 spiro atoms. The van der Waals surface area contributed by atoms with Gasteiger partial charge in [0.05, 0.1) is 16.7 Å². The third-order valence-corrected chi connectivity index (χ3v) is 14.6. The zero-order valence-electron chi connectivity index (χ0n) is 39.9. The lowest BCUT2D eigenvalue weighted by atomic mass is 9.97. The molecule has 0 aliphatic carbocycles. The van der Waals surface area contributed by atoms with Crippen molar-refractivity contribution in [3.8, 4) is 61.3 Å². The van der Waals surface area contributed by atoms with Gasteiger partial charge >= 0.3 is 0 Å². The van der Waals surface area contributed by atoms with Crippen molar-refractivity contribution in [3.05, 3.63) is 279 Å². The van der Waals surface area contributed by atoms with Crippen LogP contribution in [0.4, 0.5) is 17.1 Å². The first-order chi connectivity index (χ1) is 36.2. The van der Waals surface area contributed by atoms with Gasteiger partial charge in [0.25, 0.3) is 0 Å². The number of aromatic nitrogens is 1. The van der Waals surface area contributed by atoms with E-state index in [1.54, 1.807) is 0 Å². The van der Waals surface area contributed by atoms with Crippen LogP contribution in [0.1, 0.15) is 0 Å². The molecule has 0 unspecified atom stereocenters. The Hall–Kier alpha value is -9.70. The number of para-hydroxylation sites is 4. The quantitative estimate of drug-likeness (QED) is 0.144. The Morgan fingerprint density at radius 2 is 0.753 bits per heavy atom. The van der Waals surface area contributed by atoms with E-state index in [4.69, 9.17) is 4.42 Å². The molecular weight excluding hydrogens is 885 g/mol. The van der Waals surface area contributed by atoms with Gasteiger partial charge in [-0.05, 0) is 128 Å².